The van der Waals surface area contributed by atoms with Crippen molar-refractivity contribution in [1.29, 1.82) is 0 Å². The van der Waals surface area contributed by atoms with Crippen LogP contribution in [-0.4, -0.2) is 112 Å². The summed E-state index contributed by atoms with van der Waals surface area (Å²) in [5.74, 6) is -13.4. The van der Waals surface area contributed by atoms with Gasteiger partial charge in [-0.3, -0.25) is 4.79 Å². The SMILES string of the molecule is CC(O)CC(=O)OC(C(=O)O)C(OC(=O)C=Cc1ccc(O)c(O)c1)C(OC(=O)C=Cc1ccc(O)c(O)c1)C(OC(=O)C=Cc1ccc(O)c(O)c1)C(=O)O. The van der Waals surface area contributed by atoms with Crippen LogP contribution in [0.15, 0.2) is 72.8 Å². The zero-order chi connectivity index (χ0) is 41.7. The highest BCUT2D eigenvalue weighted by Crippen LogP contribution is 2.28. The molecule has 5 unspecified atom stereocenters. The maximum atomic E-state index is 13.2. The van der Waals surface area contributed by atoms with Gasteiger partial charge in [0.15, 0.2) is 46.7 Å². The van der Waals surface area contributed by atoms with E-state index >= 15 is 0 Å². The largest absolute Gasteiger partial charge is 0.504 e. The van der Waals surface area contributed by atoms with Crippen molar-refractivity contribution >= 4 is 54.0 Å². The molecule has 0 aliphatic heterocycles. The molecule has 0 aliphatic rings. The Balaban J connectivity index is 2.13. The molecule has 0 saturated carbocycles. The first-order valence-corrected chi connectivity index (χ1v) is 15.9. The highest BCUT2D eigenvalue weighted by molar-refractivity contribution is 5.91. The van der Waals surface area contributed by atoms with Gasteiger partial charge < -0.3 is 64.9 Å². The number of phenolic OH excluding ortho intramolecular Hbond substituents is 6. The summed E-state index contributed by atoms with van der Waals surface area (Å²) in [4.78, 5) is 77.1. The summed E-state index contributed by atoms with van der Waals surface area (Å²) in [5, 5.41) is 87.9. The molecule has 3 aromatic carbocycles. The number of aliphatic carboxylic acids is 2. The number of aliphatic hydroxyl groups is 1. The van der Waals surface area contributed by atoms with Crippen LogP contribution >= 0.6 is 0 Å². The number of hydrogen-bond donors (Lipinski definition) is 9. The monoisotopic (exact) mass is 782 g/mol. The molecular formula is C37H34O19. The molecule has 0 saturated heterocycles. The average Bonchev–Trinajstić information content (AvgIpc) is 3.12. The van der Waals surface area contributed by atoms with E-state index in [2.05, 4.69) is 0 Å². The highest BCUT2D eigenvalue weighted by Gasteiger charge is 2.50. The van der Waals surface area contributed by atoms with Crippen LogP contribution in [-0.2, 0) is 47.7 Å². The summed E-state index contributed by atoms with van der Waals surface area (Å²) in [6, 6.07) is 9.89. The second-order valence-corrected chi connectivity index (χ2v) is 11.5. The lowest BCUT2D eigenvalue weighted by Crippen LogP contribution is -2.56. The van der Waals surface area contributed by atoms with Crippen molar-refractivity contribution in [2.45, 2.75) is 43.9 Å². The Kier molecular flexibility index (Phi) is 14.9. The van der Waals surface area contributed by atoms with Crippen LogP contribution in [0.3, 0.4) is 0 Å². The molecule has 5 atom stereocenters. The summed E-state index contributed by atoms with van der Waals surface area (Å²) >= 11 is 0. The molecule has 0 bridgehead atoms. The first-order chi connectivity index (χ1) is 26.3. The lowest BCUT2D eigenvalue weighted by Gasteiger charge is -2.32. The van der Waals surface area contributed by atoms with Gasteiger partial charge in [-0.2, -0.15) is 0 Å². The van der Waals surface area contributed by atoms with Crippen LogP contribution in [0, 0.1) is 0 Å². The van der Waals surface area contributed by atoms with Gasteiger partial charge in [-0.25, -0.2) is 24.0 Å². The fourth-order valence-electron chi connectivity index (χ4n) is 4.49. The minimum absolute atomic E-state index is 0.0734. The Bertz CT molecular complexity index is 2050. The van der Waals surface area contributed by atoms with Crippen LogP contribution in [0.1, 0.15) is 30.0 Å². The Labute approximate surface area is 315 Å². The number of rotatable bonds is 17. The third-order valence-electron chi connectivity index (χ3n) is 7.11. The molecule has 3 rings (SSSR count). The van der Waals surface area contributed by atoms with Crippen molar-refractivity contribution < 1.29 is 93.7 Å². The molecule has 19 heteroatoms. The fraction of sp³-hybridized carbons (Fsp3) is 0.189. The van der Waals surface area contributed by atoms with Gasteiger partial charge in [-0.15, -0.1) is 0 Å². The second-order valence-electron chi connectivity index (χ2n) is 11.5. The first kappa shape index (κ1) is 42.9. The van der Waals surface area contributed by atoms with E-state index in [-0.39, 0.29) is 16.7 Å². The van der Waals surface area contributed by atoms with Crippen LogP contribution in [0.5, 0.6) is 34.5 Å². The first-order valence-electron chi connectivity index (χ1n) is 15.9. The molecule has 0 spiro atoms. The summed E-state index contributed by atoms with van der Waals surface area (Å²) < 4.78 is 20.4. The molecule has 0 fully saturated rings. The van der Waals surface area contributed by atoms with Gasteiger partial charge in [-0.05, 0) is 78.2 Å². The number of carboxylic acid groups (broad SMARTS) is 2. The second kappa shape index (κ2) is 19.5. The van der Waals surface area contributed by atoms with Crippen molar-refractivity contribution in [2.24, 2.45) is 0 Å². The molecule has 3 aromatic rings. The summed E-state index contributed by atoms with van der Waals surface area (Å²) in [6.45, 7) is 1.14. The van der Waals surface area contributed by atoms with Gasteiger partial charge >= 0.3 is 35.8 Å². The molecule has 0 aliphatic carbocycles. The van der Waals surface area contributed by atoms with Crippen molar-refractivity contribution in [3.05, 3.63) is 89.5 Å². The number of esters is 4. The number of hydrogen-bond acceptors (Lipinski definition) is 17. The van der Waals surface area contributed by atoms with Crippen molar-refractivity contribution in [1.82, 2.24) is 0 Å². The van der Waals surface area contributed by atoms with Gasteiger partial charge in [0, 0.05) is 18.2 Å². The molecule has 9 N–H and O–H groups in total. The smallest absolute Gasteiger partial charge is 0.349 e. The van der Waals surface area contributed by atoms with E-state index in [4.69, 9.17) is 18.9 Å². The van der Waals surface area contributed by atoms with Gasteiger partial charge in [0.05, 0.1) is 12.5 Å². The number of carbonyl (C=O) groups is 6. The molecular weight excluding hydrogens is 748 g/mol. The lowest BCUT2D eigenvalue weighted by atomic mass is 10.0. The highest BCUT2D eigenvalue weighted by atomic mass is 16.6. The van der Waals surface area contributed by atoms with E-state index in [0.717, 1.165) is 61.5 Å². The Hall–Kier alpha value is -7.54. The Morgan fingerprint density at radius 1 is 0.518 bits per heavy atom. The van der Waals surface area contributed by atoms with E-state index in [0.29, 0.717) is 18.2 Å². The predicted octanol–water partition coefficient (Wildman–Crippen LogP) is 1.95. The number of carbonyl (C=O) groups excluding carboxylic acids is 4. The Morgan fingerprint density at radius 3 is 1.14 bits per heavy atom. The number of carboxylic acids is 2. The fourth-order valence-corrected chi connectivity index (χ4v) is 4.49. The van der Waals surface area contributed by atoms with E-state index in [1.54, 1.807) is 0 Å². The summed E-state index contributed by atoms with van der Waals surface area (Å²) in [7, 11) is 0. The Morgan fingerprint density at radius 2 is 0.839 bits per heavy atom. The van der Waals surface area contributed by atoms with Crippen LogP contribution < -0.4 is 0 Å². The van der Waals surface area contributed by atoms with Crippen LogP contribution in [0.2, 0.25) is 0 Å². The number of phenols is 6. The topological polar surface area (TPSA) is 321 Å². The average molecular weight is 783 g/mol. The maximum absolute atomic E-state index is 13.2. The zero-order valence-corrected chi connectivity index (χ0v) is 28.9. The van der Waals surface area contributed by atoms with Gasteiger partial charge in [0.25, 0.3) is 0 Å². The third-order valence-corrected chi connectivity index (χ3v) is 7.11. The van der Waals surface area contributed by atoms with Crippen molar-refractivity contribution in [3.8, 4) is 34.5 Å². The van der Waals surface area contributed by atoms with Crippen molar-refractivity contribution in [3.63, 3.8) is 0 Å². The summed E-state index contributed by atoms with van der Waals surface area (Å²) in [6.07, 6.45) is -8.13. The maximum Gasteiger partial charge on any atom is 0.349 e. The normalized spacial score (nSPS) is 14.0. The molecule has 0 radical (unpaired) electrons. The third kappa shape index (κ3) is 12.8. The minimum atomic E-state index is -2.75. The minimum Gasteiger partial charge on any atom is -0.504 e. The standard InChI is InChI=1S/C37H34O19/c1-18(38)14-31(48)56-35(37(51)52)33(54-29(46)12-6-20-3-9-23(40)26(43)16-20)32(53-28(45)11-5-19-2-8-22(39)25(42)15-19)34(36(49)50)55-30(47)13-7-21-4-10-24(41)27(44)17-21/h2-13,15-18,32-35,38-44H,14H2,1H3,(H,49,50)(H,51,52). The number of aromatic hydroxyl groups is 6. The van der Waals surface area contributed by atoms with Gasteiger partial charge in [0.2, 0.25) is 12.2 Å². The van der Waals surface area contributed by atoms with Crippen LogP contribution in [0.25, 0.3) is 18.2 Å². The quantitative estimate of drug-likeness (QED) is 0.0409. The van der Waals surface area contributed by atoms with Crippen LogP contribution in [0.4, 0.5) is 0 Å². The van der Waals surface area contributed by atoms with E-state index in [1.165, 1.54) is 18.2 Å². The van der Waals surface area contributed by atoms with Gasteiger partial charge in [0.1, 0.15) is 0 Å². The molecule has 0 aromatic heterocycles. The molecule has 0 heterocycles. The van der Waals surface area contributed by atoms with E-state index < -0.39 is 107 Å². The molecule has 0 amide bonds. The summed E-state index contributed by atoms with van der Waals surface area (Å²) in [5.41, 5.74) is 0.240. The predicted molar refractivity (Wildman–Crippen MR) is 188 cm³/mol. The number of benzene rings is 3. The van der Waals surface area contributed by atoms with E-state index in [9.17, 15) is 74.7 Å². The number of aliphatic hydroxyl groups excluding tert-OH is 1. The van der Waals surface area contributed by atoms with Gasteiger partial charge in [-0.1, -0.05) is 18.2 Å². The van der Waals surface area contributed by atoms with Crippen molar-refractivity contribution in [2.75, 3.05) is 0 Å². The molecule has 56 heavy (non-hydrogen) atoms. The molecule has 19 nitrogen and oxygen atoms in total. The van der Waals surface area contributed by atoms with E-state index in [1.807, 2.05) is 0 Å². The molecule has 296 valence electrons. The zero-order valence-electron chi connectivity index (χ0n) is 28.9. The number of ether oxygens (including phenoxy) is 4. The lowest BCUT2D eigenvalue weighted by molar-refractivity contribution is -0.205.